The molecule has 1 rings (SSSR count). The molecule has 1 aromatic heterocycles. The number of nitrogens with two attached hydrogens (primary N) is 2. The molecule has 1 heterocycles. The second-order valence-electron chi connectivity index (χ2n) is 2.88. The number of rotatable bonds is 4. The summed E-state index contributed by atoms with van der Waals surface area (Å²) < 4.78 is 27.9. The minimum absolute atomic E-state index is 0.00292. The third kappa shape index (κ3) is 2.52. The molecule has 0 spiro atoms. The van der Waals surface area contributed by atoms with E-state index < -0.39 is 18.9 Å². The van der Waals surface area contributed by atoms with E-state index in [-0.39, 0.29) is 16.4 Å². The third-order valence-electron chi connectivity index (χ3n) is 1.71. The zero-order chi connectivity index (χ0) is 11.6. The maximum Gasteiger partial charge on any atom is 0.255 e. The Balaban J connectivity index is 2.98. The van der Waals surface area contributed by atoms with E-state index in [0.717, 1.165) is 11.5 Å². The number of alkyl halides is 2. The molecule has 8 heteroatoms. The van der Waals surface area contributed by atoms with Gasteiger partial charge in [0.25, 0.3) is 12.3 Å². The third-order valence-corrected chi connectivity index (χ3v) is 2.68. The summed E-state index contributed by atoms with van der Waals surface area (Å²) in [5.41, 5.74) is 10.5. The van der Waals surface area contributed by atoms with Crippen LogP contribution in [0.25, 0.3) is 0 Å². The summed E-state index contributed by atoms with van der Waals surface area (Å²) in [7, 11) is 1.42. The van der Waals surface area contributed by atoms with Gasteiger partial charge >= 0.3 is 0 Å². The van der Waals surface area contributed by atoms with Crippen molar-refractivity contribution in [2.24, 2.45) is 5.73 Å². The van der Waals surface area contributed by atoms with Crippen molar-refractivity contribution >= 4 is 28.3 Å². The Morgan fingerprint density at radius 1 is 1.67 bits per heavy atom. The lowest BCUT2D eigenvalue weighted by atomic mass is 10.3. The fourth-order valence-electron chi connectivity index (χ4n) is 1.08. The SMILES string of the molecule is CN(CC(F)F)c1snc(N)c1C(N)=O. The van der Waals surface area contributed by atoms with Crippen LogP contribution in [0.4, 0.5) is 19.6 Å². The van der Waals surface area contributed by atoms with E-state index in [0.29, 0.717) is 0 Å². The van der Waals surface area contributed by atoms with Gasteiger partial charge in [-0.1, -0.05) is 0 Å². The van der Waals surface area contributed by atoms with E-state index in [9.17, 15) is 13.6 Å². The summed E-state index contributed by atoms with van der Waals surface area (Å²) >= 11 is 0.871. The normalized spacial score (nSPS) is 10.7. The second-order valence-corrected chi connectivity index (χ2v) is 3.64. The smallest absolute Gasteiger partial charge is 0.255 e. The molecule has 0 atom stereocenters. The standard InChI is InChI=1S/C7H10F2N4OS/c1-13(2-3(8)9)7-4(6(11)14)5(10)12-15-7/h3H,2H2,1H3,(H2,10,12)(H2,11,14). The van der Waals surface area contributed by atoms with Gasteiger partial charge in [-0.2, -0.15) is 4.37 Å². The first kappa shape index (κ1) is 11.6. The number of halogens is 2. The van der Waals surface area contributed by atoms with Crippen LogP contribution in [0, 0.1) is 0 Å². The summed E-state index contributed by atoms with van der Waals surface area (Å²) in [5, 5.41) is 0.264. The molecule has 0 radical (unpaired) electrons. The average molecular weight is 236 g/mol. The molecule has 0 aliphatic rings. The Kier molecular flexibility index (Phi) is 3.40. The Labute approximate surface area is 88.8 Å². The molecule has 15 heavy (non-hydrogen) atoms. The van der Waals surface area contributed by atoms with Gasteiger partial charge in [0, 0.05) is 7.05 Å². The number of nitrogens with zero attached hydrogens (tertiary/aromatic N) is 2. The molecule has 1 amide bonds. The predicted molar refractivity (Wildman–Crippen MR) is 54.3 cm³/mol. The van der Waals surface area contributed by atoms with Gasteiger partial charge in [0.15, 0.2) is 5.82 Å². The monoisotopic (exact) mass is 236 g/mol. The molecule has 0 bridgehead atoms. The van der Waals surface area contributed by atoms with Crippen LogP contribution in [0.15, 0.2) is 0 Å². The van der Waals surface area contributed by atoms with Crippen LogP contribution in [-0.2, 0) is 0 Å². The van der Waals surface area contributed by atoms with Crippen LogP contribution in [0.1, 0.15) is 10.4 Å². The highest BCUT2D eigenvalue weighted by Gasteiger charge is 2.21. The molecule has 84 valence electrons. The van der Waals surface area contributed by atoms with Crippen LogP contribution < -0.4 is 16.4 Å². The van der Waals surface area contributed by atoms with Gasteiger partial charge in [0.2, 0.25) is 0 Å². The summed E-state index contributed by atoms with van der Waals surface area (Å²) in [6.45, 7) is -0.498. The molecule has 4 N–H and O–H groups in total. The predicted octanol–water partition coefficient (Wildman–Crippen LogP) is 0.526. The number of hydrogen-bond acceptors (Lipinski definition) is 5. The number of carbonyl (C=O) groups excluding carboxylic acids is 1. The molecule has 0 fully saturated rings. The molecular formula is C7H10F2N4OS. The summed E-state index contributed by atoms with van der Waals surface area (Å²) in [5.74, 6) is -0.791. The minimum Gasteiger partial charge on any atom is -0.382 e. The summed E-state index contributed by atoms with van der Waals surface area (Å²) in [6, 6.07) is 0. The molecule has 0 aliphatic heterocycles. The van der Waals surface area contributed by atoms with Gasteiger partial charge in [-0.25, -0.2) is 8.78 Å². The highest BCUT2D eigenvalue weighted by atomic mass is 32.1. The van der Waals surface area contributed by atoms with Crippen molar-refractivity contribution in [2.75, 3.05) is 24.2 Å². The number of nitrogen functional groups attached to an aromatic ring is 1. The Morgan fingerprint density at radius 2 is 2.27 bits per heavy atom. The van der Waals surface area contributed by atoms with Gasteiger partial charge < -0.3 is 16.4 Å². The van der Waals surface area contributed by atoms with Crippen LogP contribution in [0.2, 0.25) is 0 Å². The largest absolute Gasteiger partial charge is 0.382 e. The molecule has 0 unspecified atom stereocenters. The number of carbonyl (C=O) groups is 1. The molecular weight excluding hydrogens is 226 g/mol. The quantitative estimate of drug-likeness (QED) is 0.798. The van der Waals surface area contributed by atoms with Crippen molar-refractivity contribution < 1.29 is 13.6 Å². The maximum atomic E-state index is 12.1. The lowest BCUT2D eigenvalue weighted by molar-refractivity contribution is 0.100. The van der Waals surface area contributed by atoms with E-state index in [1.54, 1.807) is 0 Å². The van der Waals surface area contributed by atoms with Gasteiger partial charge in [0.05, 0.1) is 6.54 Å². The first-order valence-corrected chi connectivity index (χ1v) is 4.75. The van der Waals surface area contributed by atoms with Crippen molar-refractivity contribution in [1.29, 1.82) is 0 Å². The topological polar surface area (TPSA) is 85.2 Å². The Bertz CT molecular complexity index is 368. The average Bonchev–Trinajstić information content (AvgIpc) is 2.45. The molecule has 0 saturated carbocycles. The van der Waals surface area contributed by atoms with Gasteiger partial charge in [-0.15, -0.1) is 0 Å². The first-order chi connectivity index (χ1) is 6.93. The van der Waals surface area contributed by atoms with Crippen molar-refractivity contribution in [3.05, 3.63) is 5.56 Å². The van der Waals surface area contributed by atoms with Crippen LogP contribution in [0.3, 0.4) is 0 Å². The van der Waals surface area contributed by atoms with E-state index in [1.807, 2.05) is 0 Å². The van der Waals surface area contributed by atoms with E-state index in [1.165, 1.54) is 11.9 Å². The number of primary amides is 1. The highest BCUT2D eigenvalue weighted by Crippen LogP contribution is 2.29. The Hall–Kier alpha value is -1.44. The van der Waals surface area contributed by atoms with Crippen LogP contribution in [0.5, 0.6) is 0 Å². The zero-order valence-corrected chi connectivity index (χ0v) is 8.72. The lowest BCUT2D eigenvalue weighted by Gasteiger charge is -2.16. The number of hydrogen-bond donors (Lipinski definition) is 2. The summed E-state index contributed by atoms with van der Waals surface area (Å²) in [4.78, 5) is 12.2. The molecule has 5 nitrogen and oxygen atoms in total. The molecule has 0 aliphatic carbocycles. The fourth-order valence-corrected chi connectivity index (χ4v) is 1.86. The maximum absolute atomic E-state index is 12.1. The fraction of sp³-hybridized carbons (Fsp3) is 0.429. The van der Waals surface area contributed by atoms with Gasteiger partial charge in [0.1, 0.15) is 10.6 Å². The van der Waals surface area contributed by atoms with Gasteiger partial charge in [-0.3, -0.25) is 4.79 Å². The molecule has 0 aromatic carbocycles. The zero-order valence-electron chi connectivity index (χ0n) is 7.91. The Morgan fingerprint density at radius 3 is 2.73 bits per heavy atom. The first-order valence-electron chi connectivity index (χ1n) is 3.97. The highest BCUT2D eigenvalue weighted by molar-refractivity contribution is 7.11. The summed E-state index contributed by atoms with van der Waals surface area (Å²) in [6.07, 6.45) is -2.50. The molecule has 1 aromatic rings. The second kappa shape index (κ2) is 4.39. The van der Waals surface area contributed by atoms with E-state index in [4.69, 9.17) is 11.5 Å². The number of amides is 1. The lowest BCUT2D eigenvalue weighted by Crippen LogP contribution is -2.26. The van der Waals surface area contributed by atoms with Crippen LogP contribution in [-0.4, -0.2) is 30.3 Å². The van der Waals surface area contributed by atoms with E-state index >= 15 is 0 Å². The molecule has 0 saturated heterocycles. The van der Waals surface area contributed by atoms with E-state index in [2.05, 4.69) is 4.37 Å². The van der Waals surface area contributed by atoms with Crippen LogP contribution >= 0.6 is 11.5 Å². The van der Waals surface area contributed by atoms with Crippen molar-refractivity contribution in [1.82, 2.24) is 4.37 Å². The van der Waals surface area contributed by atoms with Crippen molar-refractivity contribution in [3.8, 4) is 0 Å². The van der Waals surface area contributed by atoms with Crippen molar-refractivity contribution in [3.63, 3.8) is 0 Å². The van der Waals surface area contributed by atoms with Crippen molar-refractivity contribution in [2.45, 2.75) is 6.43 Å². The minimum atomic E-state index is -2.50. The number of anilines is 2. The van der Waals surface area contributed by atoms with Gasteiger partial charge in [-0.05, 0) is 11.5 Å². The number of aromatic nitrogens is 1.